The number of anilines is 1. The Hall–Kier alpha value is -2.06. The molecular weight excluding hydrogens is 304 g/mol. The zero-order valence-corrected chi connectivity index (χ0v) is 15.1. The SMILES string of the molecule is CCCCC(C)(OCC)C(=O)Nc1ccc(OCCC)cc1C#N. The first kappa shape index (κ1) is 20.0. The van der Waals surface area contributed by atoms with Gasteiger partial charge in [0.2, 0.25) is 0 Å². The van der Waals surface area contributed by atoms with Gasteiger partial charge in [-0.3, -0.25) is 4.79 Å². The van der Waals surface area contributed by atoms with Gasteiger partial charge in [0.1, 0.15) is 17.4 Å². The molecule has 1 atom stereocenters. The van der Waals surface area contributed by atoms with Gasteiger partial charge >= 0.3 is 0 Å². The molecule has 0 radical (unpaired) electrons. The van der Waals surface area contributed by atoms with E-state index in [0.717, 1.165) is 19.3 Å². The number of hydrogen-bond acceptors (Lipinski definition) is 4. The van der Waals surface area contributed by atoms with E-state index in [0.29, 0.717) is 36.6 Å². The van der Waals surface area contributed by atoms with Gasteiger partial charge in [0.25, 0.3) is 5.91 Å². The van der Waals surface area contributed by atoms with Gasteiger partial charge in [-0.15, -0.1) is 0 Å². The Morgan fingerprint density at radius 2 is 2.04 bits per heavy atom. The number of benzene rings is 1. The molecule has 0 heterocycles. The number of rotatable bonds is 10. The van der Waals surface area contributed by atoms with Crippen molar-refractivity contribution in [3.8, 4) is 11.8 Å². The lowest BCUT2D eigenvalue weighted by Crippen LogP contribution is -2.43. The summed E-state index contributed by atoms with van der Waals surface area (Å²) in [6, 6.07) is 7.22. The Morgan fingerprint density at radius 3 is 2.62 bits per heavy atom. The molecule has 0 fully saturated rings. The molecule has 1 rings (SSSR count). The van der Waals surface area contributed by atoms with Gasteiger partial charge in [0.15, 0.2) is 0 Å². The summed E-state index contributed by atoms with van der Waals surface area (Å²) in [7, 11) is 0. The summed E-state index contributed by atoms with van der Waals surface area (Å²) < 4.78 is 11.2. The summed E-state index contributed by atoms with van der Waals surface area (Å²) >= 11 is 0. The van der Waals surface area contributed by atoms with Crippen molar-refractivity contribution >= 4 is 11.6 Å². The van der Waals surface area contributed by atoms with E-state index >= 15 is 0 Å². The van der Waals surface area contributed by atoms with E-state index in [-0.39, 0.29) is 5.91 Å². The van der Waals surface area contributed by atoms with E-state index < -0.39 is 5.60 Å². The highest BCUT2D eigenvalue weighted by atomic mass is 16.5. The van der Waals surface area contributed by atoms with E-state index in [1.54, 1.807) is 25.1 Å². The Labute approximate surface area is 145 Å². The molecule has 5 nitrogen and oxygen atoms in total. The number of nitriles is 1. The first-order chi connectivity index (χ1) is 11.5. The zero-order chi connectivity index (χ0) is 18.0. The van der Waals surface area contributed by atoms with Crippen molar-refractivity contribution in [2.24, 2.45) is 0 Å². The van der Waals surface area contributed by atoms with Gasteiger partial charge in [0.05, 0.1) is 17.9 Å². The molecule has 0 saturated heterocycles. The third kappa shape index (κ3) is 5.54. The largest absolute Gasteiger partial charge is 0.494 e. The first-order valence-electron chi connectivity index (χ1n) is 8.63. The molecular formula is C19H28N2O3. The standard InChI is InChI=1S/C19H28N2O3/c1-5-8-11-19(4,24-7-3)18(22)21-17-10-9-16(23-12-6-2)13-15(17)14-20/h9-10,13H,5-8,11-12H2,1-4H3,(H,21,22). The molecule has 0 spiro atoms. The molecule has 0 aliphatic heterocycles. The summed E-state index contributed by atoms with van der Waals surface area (Å²) in [5.41, 5.74) is -0.0328. The molecule has 5 heteroatoms. The quantitative estimate of drug-likeness (QED) is 0.694. The van der Waals surface area contributed by atoms with E-state index in [2.05, 4.69) is 18.3 Å². The summed E-state index contributed by atoms with van der Waals surface area (Å²) in [6.07, 6.45) is 3.43. The average molecular weight is 332 g/mol. The molecule has 0 bridgehead atoms. The molecule has 24 heavy (non-hydrogen) atoms. The smallest absolute Gasteiger partial charge is 0.256 e. The van der Waals surface area contributed by atoms with Crippen LogP contribution in [0.1, 0.15) is 58.9 Å². The fourth-order valence-electron chi connectivity index (χ4n) is 2.37. The number of nitrogens with one attached hydrogen (secondary N) is 1. The zero-order valence-electron chi connectivity index (χ0n) is 15.1. The van der Waals surface area contributed by atoms with E-state index in [1.165, 1.54) is 0 Å². The van der Waals surface area contributed by atoms with Gasteiger partial charge < -0.3 is 14.8 Å². The highest BCUT2D eigenvalue weighted by Gasteiger charge is 2.33. The molecule has 1 aromatic carbocycles. The Bertz CT molecular complexity index is 580. The average Bonchev–Trinajstić information content (AvgIpc) is 2.59. The van der Waals surface area contributed by atoms with Crippen LogP contribution in [0.5, 0.6) is 5.75 Å². The van der Waals surface area contributed by atoms with Crippen LogP contribution in [0.15, 0.2) is 18.2 Å². The maximum Gasteiger partial charge on any atom is 0.256 e. The fourth-order valence-corrected chi connectivity index (χ4v) is 2.37. The minimum absolute atomic E-state index is 0.225. The predicted molar refractivity (Wildman–Crippen MR) is 95.1 cm³/mol. The molecule has 0 aromatic heterocycles. The van der Waals surface area contributed by atoms with Gasteiger partial charge in [-0.2, -0.15) is 5.26 Å². The monoisotopic (exact) mass is 332 g/mol. The van der Waals surface area contributed by atoms with E-state index in [9.17, 15) is 10.1 Å². The molecule has 132 valence electrons. The molecule has 0 aliphatic rings. The third-order valence-corrected chi connectivity index (χ3v) is 3.78. The molecule has 1 aromatic rings. The second-order valence-corrected chi connectivity index (χ2v) is 5.89. The van der Waals surface area contributed by atoms with Gasteiger partial charge in [0, 0.05) is 6.61 Å². The van der Waals surface area contributed by atoms with Gasteiger partial charge in [-0.05, 0) is 44.9 Å². The number of ether oxygens (including phenoxy) is 2. The van der Waals surface area contributed by atoms with Crippen LogP contribution in [0.3, 0.4) is 0 Å². The minimum Gasteiger partial charge on any atom is -0.494 e. The van der Waals surface area contributed by atoms with E-state index in [1.807, 2.05) is 13.8 Å². The minimum atomic E-state index is -0.894. The van der Waals surface area contributed by atoms with Crippen LogP contribution in [0, 0.1) is 11.3 Å². The fraction of sp³-hybridized carbons (Fsp3) is 0.579. The Balaban J connectivity index is 2.93. The van der Waals surface area contributed by atoms with Crippen LogP contribution >= 0.6 is 0 Å². The molecule has 1 amide bonds. The number of amides is 1. The summed E-state index contributed by atoms with van der Waals surface area (Å²) in [5, 5.41) is 12.2. The van der Waals surface area contributed by atoms with Crippen LogP contribution in [0.4, 0.5) is 5.69 Å². The van der Waals surface area contributed by atoms with Crippen molar-refractivity contribution in [2.45, 2.75) is 59.0 Å². The lowest BCUT2D eigenvalue weighted by molar-refractivity contribution is -0.139. The highest BCUT2D eigenvalue weighted by molar-refractivity contribution is 5.98. The van der Waals surface area contributed by atoms with Crippen molar-refractivity contribution < 1.29 is 14.3 Å². The van der Waals surface area contributed by atoms with Crippen LogP contribution in [0.2, 0.25) is 0 Å². The molecule has 1 N–H and O–H groups in total. The van der Waals surface area contributed by atoms with Crippen molar-refractivity contribution in [2.75, 3.05) is 18.5 Å². The maximum absolute atomic E-state index is 12.7. The maximum atomic E-state index is 12.7. The van der Waals surface area contributed by atoms with E-state index in [4.69, 9.17) is 9.47 Å². The number of nitrogens with zero attached hydrogens (tertiary/aromatic N) is 1. The van der Waals surface area contributed by atoms with Crippen molar-refractivity contribution in [3.05, 3.63) is 23.8 Å². The van der Waals surface area contributed by atoms with Gasteiger partial charge in [-0.25, -0.2) is 0 Å². The number of unbranched alkanes of at least 4 members (excludes halogenated alkanes) is 1. The highest BCUT2D eigenvalue weighted by Crippen LogP contribution is 2.25. The third-order valence-electron chi connectivity index (χ3n) is 3.78. The summed E-state index contributed by atoms with van der Waals surface area (Å²) in [5.74, 6) is 0.404. The second-order valence-electron chi connectivity index (χ2n) is 5.89. The van der Waals surface area contributed by atoms with Crippen LogP contribution < -0.4 is 10.1 Å². The topological polar surface area (TPSA) is 71.3 Å². The van der Waals surface area contributed by atoms with Crippen LogP contribution in [0.25, 0.3) is 0 Å². The Morgan fingerprint density at radius 1 is 1.29 bits per heavy atom. The predicted octanol–water partition coefficient (Wildman–Crippen LogP) is 4.27. The number of hydrogen-bond donors (Lipinski definition) is 1. The summed E-state index contributed by atoms with van der Waals surface area (Å²) in [6.45, 7) is 8.82. The second kappa shape index (κ2) is 9.94. The number of carbonyl (C=O) groups excluding carboxylic acids is 1. The summed E-state index contributed by atoms with van der Waals surface area (Å²) in [4.78, 5) is 12.7. The normalized spacial score (nSPS) is 13.0. The lowest BCUT2D eigenvalue weighted by atomic mass is 9.97. The lowest BCUT2D eigenvalue weighted by Gasteiger charge is -2.28. The molecule has 0 aliphatic carbocycles. The van der Waals surface area contributed by atoms with Crippen molar-refractivity contribution in [1.82, 2.24) is 0 Å². The van der Waals surface area contributed by atoms with Crippen molar-refractivity contribution in [3.63, 3.8) is 0 Å². The van der Waals surface area contributed by atoms with Crippen LogP contribution in [-0.4, -0.2) is 24.7 Å². The Kier molecular flexibility index (Phi) is 8.28. The molecule has 1 unspecified atom stereocenters. The van der Waals surface area contributed by atoms with Crippen molar-refractivity contribution in [1.29, 1.82) is 5.26 Å². The van der Waals surface area contributed by atoms with Gasteiger partial charge in [-0.1, -0.05) is 26.7 Å². The first-order valence-corrected chi connectivity index (χ1v) is 8.63. The number of carbonyl (C=O) groups is 1. The van der Waals surface area contributed by atoms with Crippen LogP contribution in [-0.2, 0) is 9.53 Å². The molecule has 0 saturated carbocycles.